The van der Waals surface area contributed by atoms with E-state index in [0.717, 1.165) is 5.56 Å². The van der Waals surface area contributed by atoms with E-state index in [4.69, 9.17) is 4.74 Å². The molecular weight excluding hydrogens is 349 g/mol. The Morgan fingerprint density at radius 1 is 1.04 bits per heavy atom. The first-order chi connectivity index (χ1) is 13.0. The van der Waals surface area contributed by atoms with Crippen LogP contribution in [0.15, 0.2) is 73.1 Å². The molecule has 0 spiro atoms. The van der Waals surface area contributed by atoms with Gasteiger partial charge in [0.1, 0.15) is 12.4 Å². The summed E-state index contributed by atoms with van der Waals surface area (Å²) >= 11 is 0. The van der Waals surface area contributed by atoms with E-state index in [0.29, 0.717) is 11.3 Å². The van der Waals surface area contributed by atoms with Gasteiger partial charge in [0, 0.05) is 18.1 Å². The first-order valence-corrected chi connectivity index (χ1v) is 8.39. The zero-order valence-corrected chi connectivity index (χ0v) is 14.4. The summed E-state index contributed by atoms with van der Waals surface area (Å²) in [6, 6.07) is 16.6. The molecule has 0 aliphatic rings. The molecule has 0 saturated carbocycles. The number of rotatable bonds is 7. The molecule has 0 amide bonds. The van der Waals surface area contributed by atoms with Gasteiger partial charge in [0.25, 0.3) is 0 Å². The molecule has 5 nitrogen and oxygen atoms in total. The van der Waals surface area contributed by atoms with E-state index in [1.807, 2.05) is 30.3 Å². The van der Waals surface area contributed by atoms with Crippen LogP contribution in [0.5, 0.6) is 0 Å². The van der Waals surface area contributed by atoms with Crippen LogP contribution < -0.4 is 0 Å². The molecule has 0 aliphatic heterocycles. The molecule has 0 fully saturated rings. The van der Waals surface area contributed by atoms with E-state index in [-0.39, 0.29) is 18.8 Å². The second kappa shape index (κ2) is 8.31. The largest absolute Gasteiger partial charge is 0.481 e. The third-order valence-corrected chi connectivity index (χ3v) is 4.15. The number of hydrogen-bond acceptors (Lipinski definition) is 3. The first kappa shape index (κ1) is 18.4. The molecule has 3 aromatic rings. The van der Waals surface area contributed by atoms with Crippen molar-refractivity contribution in [2.75, 3.05) is 0 Å². The summed E-state index contributed by atoms with van der Waals surface area (Å²) in [6.07, 6.45) is 3.03. The Labute approximate surface area is 155 Å². The zero-order valence-electron chi connectivity index (χ0n) is 14.4. The van der Waals surface area contributed by atoms with Crippen molar-refractivity contribution in [3.05, 3.63) is 90.0 Å². The lowest BCUT2D eigenvalue weighted by atomic mass is 9.99. The molecular formula is C21H18FNO4. The van der Waals surface area contributed by atoms with Crippen LogP contribution in [-0.4, -0.2) is 21.6 Å². The Kier molecular flexibility index (Phi) is 5.66. The highest BCUT2D eigenvalue weighted by Gasteiger charge is 2.25. The van der Waals surface area contributed by atoms with Crippen LogP contribution in [-0.2, 0) is 20.9 Å². The lowest BCUT2D eigenvalue weighted by Gasteiger charge is -2.11. The Morgan fingerprint density at radius 2 is 1.74 bits per heavy atom. The van der Waals surface area contributed by atoms with Crippen molar-refractivity contribution >= 4 is 11.9 Å². The standard InChI is InChI=1S/C21H18FNO4/c22-17-6-8-18(9-7-17)23-11-10-16(13-23)19(21(25)26)12-20(24)27-14-15-4-2-1-3-5-15/h1-11,13,19H,12,14H2,(H,25,26). The number of nitrogens with zero attached hydrogens (tertiary/aromatic N) is 1. The quantitative estimate of drug-likeness (QED) is 0.643. The zero-order chi connectivity index (χ0) is 19.2. The predicted molar refractivity (Wildman–Crippen MR) is 97.0 cm³/mol. The van der Waals surface area contributed by atoms with Crippen LogP contribution in [0.25, 0.3) is 5.69 Å². The summed E-state index contributed by atoms with van der Waals surface area (Å²) in [5.74, 6) is -3.06. The average Bonchev–Trinajstić information content (AvgIpc) is 3.15. The van der Waals surface area contributed by atoms with Gasteiger partial charge < -0.3 is 14.4 Å². The molecule has 1 atom stereocenters. The van der Waals surface area contributed by atoms with Crippen molar-refractivity contribution in [2.45, 2.75) is 18.9 Å². The maximum absolute atomic E-state index is 13.0. The van der Waals surface area contributed by atoms with Crippen LogP contribution >= 0.6 is 0 Å². The molecule has 2 aromatic carbocycles. The summed E-state index contributed by atoms with van der Waals surface area (Å²) in [7, 11) is 0. The molecule has 138 valence electrons. The third-order valence-electron chi connectivity index (χ3n) is 4.15. The molecule has 3 rings (SSSR count). The molecule has 0 radical (unpaired) electrons. The van der Waals surface area contributed by atoms with Gasteiger partial charge in [-0.25, -0.2) is 4.39 Å². The fraction of sp³-hybridized carbons (Fsp3) is 0.143. The normalized spacial score (nSPS) is 11.7. The maximum Gasteiger partial charge on any atom is 0.311 e. The second-order valence-corrected chi connectivity index (χ2v) is 6.07. The van der Waals surface area contributed by atoms with Crippen molar-refractivity contribution in [3.63, 3.8) is 0 Å². The number of ether oxygens (including phenoxy) is 1. The number of carbonyl (C=O) groups is 2. The summed E-state index contributed by atoms with van der Waals surface area (Å²) in [5.41, 5.74) is 2.00. The molecule has 0 aliphatic carbocycles. The summed E-state index contributed by atoms with van der Waals surface area (Å²) < 4.78 is 19.9. The number of benzene rings is 2. The Balaban J connectivity index is 1.67. The van der Waals surface area contributed by atoms with Gasteiger partial charge in [-0.3, -0.25) is 9.59 Å². The molecule has 0 saturated heterocycles. The fourth-order valence-electron chi connectivity index (χ4n) is 2.70. The van der Waals surface area contributed by atoms with E-state index >= 15 is 0 Å². The van der Waals surface area contributed by atoms with Gasteiger partial charge in [0.15, 0.2) is 0 Å². The number of aromatic nitrogens is 1. The minimum atomic E-state index is -1.11. The van der Waals surface area contributed by atoms with Crippen LogP contribution in [0.4, 0.5) is 4.39 Å². The van der Waals surface area contributed by atoms with E-state index in [1.165, 1.54) is 12.1 Å². The van der Waals surface area contributed by atoms with E-state index in [2.05, 4.69) is 0 Å². The monoisotopic (exact) mass is 367 g/mol. The fourth-order valence-corrected chi connectivity index (χ4v) is 2.70. The first-order valence-electron chi connectivity index (χ1n) is 8.39. The summed E-state index contributed by atoms with van der Waals surface area (Å²) in [5, 5.41) is 9.51. The van der Waals surface area contributed by atoms with Crippen LogP contribution in [0.2, 0.25) is 0 Å². The Hall–Kier alpha value is -3.41. The van der Waals surface area contributed by atoms with Gasteiger partial charge in [-0.05, 0) is 41.5 Å². The summed E-state index contributed by atoms with van der Waals surface area (Å²) in [4.78, 5) is 23.7. The van der Waals surface area contributed by atoms with Crippen LogP contribution in [0, 0.1) is 5.82 Å². The Morgan fingerprint density at radius 3 is 2.41 bits per heavy atom. The van der Waals surface area contributed by atoms with Crippen molar-refractivity contribution in [1.29, 1.82) is 0 Å². The molecule has 6 heteroatoms. The number of esters is 1. The van der Waals surface area contributed by atoms with Gasteiger partial charge in [-0.1, -0.05) is 30.3 Å². The predicted octanol–water partition coefficient (Wildman–Crippen LogP) is 3.92. The molecule has 1 unspecified atom stereocenters. The van der Waals surface area contributed by atoms with E-state index < -0.39 is 17.9 Å². The molecule has 1 N–H and O–H groups in total. The number of carboxylic acid groups (broad SMARTS) is 1. The van der Waals surface area contributed by atoms with E-state index in [1.54, 1.807) is 35.2 Å². The molecule has 1 heterocycles. The average molecular weight is 367 g/mol. The van der Waals surface area contributed by atoms with Gasteiger partial charge >= 0.3 is 11.9 Å². The molecule has 27 heavy (non-hydrogen) atoms. The van der Waals surface area contributed by atoms with Gasteiger partial charge in [-0.2, -0.15) is 0 Å². The van der Waals surface area contributed by atoms with Gasteiger partial charge in [-0.15, -0.1) is 0 Å². The highest BCUT2D eigenvalue weighted by atomic mass is 19.1. The highest BCUT2D eigenvalue weighted by Crippen LogP contribution is 2.23. The molecule has 0 bridgehead atoms. The smallest absolute Gasteiger partial charge is 0.311 e. The van der Waals surface area contributed by atoms with Gasteiger partial charge in [0.2, 0.25) is 0 Å². The van der Waals surface area contributed by atoms with Crippen molar-refractivity contribution < 1.29 is 23.8 Å². The number of carbonyl (C=O) groups excluding carboxylic acids is 1. The lowest BCUT2D eigenvalue weighted by molar-refractivity contribution is -0.150. The number of carboxylic acids is 1. The van der Waals surface area contributed by atoms with Gasteiger partial charge in [0.05, 0.1) is 12.3 Å². The number of aliphatic carboxylic acids is 1. The van der Waals surface area contributed by atoms with Crippen molar-refractivity contribution in [3.8, 4) is 5.69 Å². The van der Waals surface area contributed by atoms with Crippen LogP contribution in [0.3, 0.4) is 0 Å². The van der Waals surface area contributed by atoms with Crippen LogP contribution in [0.1, 0.15) is 23.5 Å². The highest BCUT2D eigenvalue weighted by molar-refractivity contribution is 5.83. The number of hydrogen-bond donors (Lipinski definition) is 1. The lowest BCUT2D eigenvalue weighted by Crippen LogP contribution is -2.17. The topological polar surface area (TPSA) is 68.5 Å². The second-order valence-electron chi connectivity index (χ2n) is 6.07. The SMILES string of the molecule is O=C(CC(C(=O)O)c1ccn(-c2ccc(F)cc2)c1)OCc1ccccc1. The number of halogens is 1. The maximum atomic E-state index is 13.0. The van der Waals surface area contributed by atoms with E-state index in [9.17, 15) is 19.1 Å². The minimum Gasteiger partial charge on any atom is -0.481 e. The minimum absolute atomic E-state index is 0.0998. The Bertz CT molecular complexity index is 919. The molecule has 1 aromatic heterocycles. The van der Waals surface area contributed by atoms with Crippen molar-refractivity contribution in [2.24, 2.45) is 0 Å². The third kappa shape index (κ3) is 4.82. The van der Waals surface area contributed by atoms with Crippen molar-refractivity contribution in [1.82, 2.24) is 4.57 Å². The summed E-state index contributed by atoms with van der Waals surface area (Å²) in [6.45, 7) is 0.0998.